The van der Waals surface area contributed by atoms with Crippen LogP contribution in [0.3, 0.4) is 0 Å². The fourth-order valence-electron chi connectivity index (χ4n) is 2.28. The first kappa shape index (κ1) is 9.44. The highest BCUT2D eigenvalue weighted by molar-refractivity contribution is 4.81. The van der Waals surface area contributed by atoms with E-state index in [-0.39, 0.29) is 0 Å². The number of rotatable bonds is 3. The van der Waals surface area contributed by atoms with Gasteiger partial charge in [-0.1, -0.05) is 0 Å². The van der Waals surface area contributed by atoms with Crippen LogP contribution in [-0.4, -0.2) is 50.3 Å². The zero-order valence-corrected chi connectivity index (χ0v) is 8.46. The van der Waals surface area contributed by atoms with Gasteiger partial charge in [-0.15, -0.1) is 0 Å². The largest absolute Gasteiger partial charge is 0.380 e. The van der Waals surface area contributed by atoms with Crippen LogP contribution in [0, 0.1) is 0 Å². The van der Waals surface area contributed by atoms with Crippen LogP contribution in [-0.2, 0) is 4.74 Å². The molecule has 2 heterocycles. The molecule has 3 heteroatoms. The van der Waals surface area contributed by atoms with E-state index in [1.54, 1.807) is 0 Å². The topological polar surface area (TPSA) is 24.5 Å². The number of ether oxygens (including phenoxy) is 1. The van der Waals surface area contributed by atoms with Crippen molar-refractivity contribution < 1.29 is 4.74 Å². The average Bonchev–Trinajstić information content (AvgIpc) is 2.74. The third-order valence-corrected chi connectivity index (χ3v) is 3.20. The summed E-state index contributed by atoms with van der Waals surface area (Å²) in [6.07, 6.45) is 3.90. The van der Waals surface area contributed by atoms with E-state index in [2.05, 4.69) is 17.3 Å². The number of nitrogens with one attached hydrogen (secondary N) is 1. The molecule has 2 fully saturated rings. The number of nitrogens with zero attached hydrogens (tertiary/aromatic N) is 1. The Morgan fingerprint density at radius 1 is 1.46 bits per heavy atom. The zero-order valence-electron chi connectivity index (χ0n) is 8.46. The normalized spacial score (nSPS) is 34.6. The first-order valence-electron chi connectivity index (χ1n) is 5.37. The monoisotopic (exact) mass is 184 g/mol. The first-order valence-corrected chi connectivity index (χ1v) is 5.37. The van der Waals surface area contributed by atoms with Gasteiger partial charge in [0.05, 0.1) is 6.61 Å². The number of hydrogen-bond acceptors (Lipinski definition) is 3. The lowest BCUT2D eigenvalue weighted by Gasteiger charge is -2.25. The molecular formula is C10H20N2O. The Balaban J connectivity index is 1.73. The summed E-state index contributed by atoms with van der Waals surface area (Å²) in [4.78, 5) is 2.45. The van der Waals surface area contributed by atoms with Gasteiger partial charge in [-0.05, 0) is 32.9 Å². The van der Waals surface area contributed by atoms with Crippen LogP contribution in [0.5, 0.6) is 0 Å². The molecule has 1 N–H and O–H groups in total. The molecule has 76 valence electrons. The summed E-state index contributed by atoms with van der Waals surface area (Å²) < 4.78 is 5.38. The molecule has 2 atom stereocenters. The lowest BCUT2D eigenvalue weighted by atomic mass is 10.2. The molecule has 0 spiro atoms. The molecular weight excluding hydrogens is 164 g/mol. The van der Waals surface area contributed by atoms with E-state index >= 15 is 0 Å². The van der Waals surface area contributed by atoms with Gasteiger partial charge >= 0.3 is 0 Å². The molecule has 2 aliphatic rings. The van der Waals surface area contributed by atoms with Gasteiger partial charge in [-0.25, -0.2) is 0 Å². The van der Waals surface area contributed by atoms with Crippen molar-refractivity contribution >= 4 is 0 Å². The summed E-state index contributed by atoms with van der Waals surface area (Å²) in [5.41, 5.74) is 0. The SMILES string of the molecule is CN(C[C@@H]1CCCN1)C1CCOC1. The first-order chi connectivity index (χ1) is 6.36. The van der Waals surface area contributed by atoms with Gasteiger partial charge < -0.3 is 10.1 Å². The smallest absolute Gasteiger partial charge is 0.0622 e. The highest BCUT2D eigenvalue weighted by Gasteiger charge is 2.23. The van der Waals surface area contributed by atoms with Crippen molar-refractivity contribution in [2.45, 2.75) is 31.3 Å². The molecule has 0 aromatic rings. The van der Waals surface area contributed by atoms with E-state index in [0.717, 1.165) is 19.3 Å². The van der Waals surface area contributed by atoms with Gasteiger partial charge in [-0.2, -0.15) is 0 Å². The van der Waals surface area contributed by atoms with Gasteiger partial charge in [0.2, 0.25) is 0 Å². The lowest BCUT2D eigenvalue weighted by Crippen LogP contribution is -2.41. The van der Waals surface area contributed by atoms with Crippen LogP contribution in [0.15, 0.2) is 0 Å². The van der Waals surface area contributed by atoms with E-state index in [9.17, 15) is 0 Å². The second-order valence-corrected chi connectivity index (χ2v) is 4.25. The predicted octanol–water partition coefficient (Wildman–Crippen LogP) is 0.459. The van der Waals surface area contributed by atoms with Gasteiger partial charge in [-0.3, -0.25) is 4.90 Å². The van der Waals surface area contributed by atoms with Crippen molar-refractivity contribution in [1.29, 1.82) is 0 Å². The summed E-state index contributed by atoms with van der Waals surface area (Å²) in [5.74, 6) is 0. The summed E-state index contributed by atoms with van der Waals surface area (Å²) in [5, 5.41) is 3.53. The summed E-state index contributed by atoms with van der Waals surface area (Å²) in [6.45, 7) is 4.28. The van der Waals surface area contributed by atoms with Crippen LogP contribution in [0.25, 0.3) is 0 Å². The maximum Gasteiger partial charge on any atom is 0.0622 e. The molecule has 0 saturated carbocycles. The zero-order chi connectivity index (χ0) is 9.10. The van der Waals surface area contributed by atoms with Crippen molar-refractivity contribution in [2.75, 3.05) is 33.4 Å². The highest BCUT2D eigenvalue weighted by Crippen LogP contribution is 2.13. The van der Waals surface area contributed by atoms with E-state index in [4.69, 9.17) is 4.74 Å². The van der Waals surface area contributed by atoms with Gasteiger partial charge in [0.15, 0.2) is 0 Å². The third-order valence-electron chi connectivity index (χ3n) is 3.20. The van der Waals surface area contributed by atoms with E-state index in [1.807, 2.05) is 0 Å². The van der Waals surface area contributed by atoms with Crippen molar-refractivity contribution in [2.24, 2.45) is 0 Å². The highest BCUT2D eigenvalue weighted by atomic mass is 16.5. The molecule has 2 aliphatic heterocycles. The molecule has 0 bridgehead atoms. The Labute approximate surface area is 80.4 Å². The molecule has 1 unspecified atom stereocenters. The van der Waals surface area contributed by atoms with Crippen LogP contribution < -0.4 is 5.32 Å². The molecule has 0 aromatic carbocycles. The van der Waals surface area contributed by atoms with Crippen molar-refractivity contribution in [3.63, 3.8) is 0 Å². The van der Waals surface area contributed by atoms with Gasteiger partial charge in [0.25, 0.3) is 0 Å². The predicted molar refractivity (Wildman–Crippen MR) is 52.9 cm³/mol. The molecule has 2 saturated heterocycles. The minimum absolute atomic E-state index is 0.669. The molecule has 0 amide bonds. The maximum atomic E-state index is 5.38. The molecule has 0 aliphatic carbocycles. The number of hydrogen-bond donors (Lipinski definition) is 1. The van der Waals surface area contributed by atoms with E-state index < -0.39 is 0 Å². The van der Waals surface area contributed by atoms with E-state index in [1.165, 1.54) is 32.4 Å². The Morgan fingerprint density at radius 2 is 2.38 bits per heavy atom. The standard InChI is InChI=1S/C10H20N2O/c1-12(10-4-6-13-8-10)7-9-3-2-5-11-9/h9-11H,2-8H2,1H3/t9-,10?/m0/s1. The van der Waals surface area contributed by atoms with E-state index in [0.29, 0.717) is 6.04 Å². The minimum Gasteiger partial charge on any atom is -0.380 e. The molecule has 0 aromatic heterocycles. The maximum absolute atomic E-state index is 5.38. The summed E-state index contributed by atoms with van der Waals surface area (Å²) in [6, 6.07) is 1.40. The Kier molecular flexibility index (Phi) is 3.19. The second-order valence-electron chi connectivity index (χ2n) is 4.25. The van der Waals surface area contributed by atoms with Crippen LogP contribution in [0.4, 0.5) is 0 Å². The Bertz CT molecular complexity index is 151. The lowest BCUT2D eigenvalue weighted by molar-refractivity contribution is 0.154. The molecule has 0 radical (unpaired) electrons. The molecule has 13 heavy (non-hydrogen) atoms. The Morgan fingerprint density at radius 3 is 3.00 bits per heavy atom. The minimum atomic E-state index is 0.669. The quantitative estimate of drug-likeness (QED) is 0.689. The van der Waals surface area contributed by atoms with Gasteiger partial charge in [0.1, 0.15) is 0 Å². The van der Waals surface area contributed by atoms with Crippen molar-refractivity contribution in [3.05, 3.63) is 0 Å². The fraction of sp³-hybridized carbons (Fsp3) is 1.00. The summed E-state index contributed by atoms with van der Waals surface area (Å²) >= 11 is 0. The molecule has 2 rings (SSSR count). The number of likely N-dealkylation sites (N-methyl/N-ethyl adjacent to an activating group) is 1. The van der Waals surface area contributed by atoms with Gasteiger partial charge in [0, 0.05) is 25.2 Å². The average molecular weight is 184 g/mol. The van der Waals surface area contributed by atoms with Crippen LogP contribution in [0.2, 0.25) is 0 Å². The second kappa shape index (κ2) is 4.40. The summed E-state index contributed by atoms with van der Waals surface area (Å²) in [7, 11) is 2.22. The van der Waals surface area contributed by atoms with Crippen LogP contribution in [0.1, 0.15) is 19.3 Å². The third kappa shape index (κ3) is 2.42. The van der Waals surface area contributed by atoms with Crippen molar-refractivity contribution in [1.82, 2.24) is 10.2 Å². The van der Waals surface area contributed by atoms with Crippen LogP contribution >= 0.6 is 0 Å². The fourth-order valence-corrected chi connectivity index (χ4v) is 2.28. The molecule has 3 nitrogen and oxygen atoms in total. The Hall–Kier alpha value is -0.120. The van der Waals surface area contributed by atoms with Crippen molar-refractivity contribution in [3.8, 4) is 0 Å².